The van der Waals surface area contributed by atoms with Crippen LogP contribution in [-0.2, 0) is 11.3 Å². The summed E-state index contributed by atoms with van der Waals surface area (Å²) >= 11 is 6.45. The van der Waals surface area contributed by atoms with Crippen LogP contribution in [0.3, 0.4) is 0 Å². The minimum Gasteiger partial charge on any atom is -0.499 e. The molecule has 2 aliphatic rings. The Morgan fingerprint density at radius 2 is 1.85 bits per heavy atom. The molecule has 1 saturated heterocycles. The van der Waals surface area contributed by atoms with E-state index in [-0.39, 0.29) is 34.4 Å². The third-order valence-corrected chi connectivity index (χ3v) is 5.62. The van der Waals surface area contributed by atoms with E-state index >= 15 is 0 Å². The molecule has 8 nitrogen and oxygen atoms in total. The van der Waals surface area contributed by atoms with Crippen LogP contribution in [-0.4, -0.2) is 45.8 Å². The van der Waals surface area contributed by atoms with Gasteiger partial charge in [0.1, 0.15) is 24.2 Å². The lowest BCUT2D eigenvalue weighted by Crippen LogP contribution is -2.38. The number of anilines is 1. The summed E-state index contributed by atoms with van der Waals surface area (Å²) in [5, 5.41) is 3.01. The number of carbonyl (C=O) groups is 1. The lowest BCUT2D eigenvalue weighted by atomic mass is 10.1. The van der Waals surface area contributed by atoms with Crippen LogP contribution in [0.2, 0.25) is 5.02 Å². The van der Waals surface area contributed by atoms with Gasteiger partial charge in [-0.3, -0.25) is 9.89 Å². The van der Waals surface area contributed by atoms with Crippen LogP contribution in [0.1, 0.15) is 5.56 Å². The van der Waals surface area contributed by atoms with Gasteiger partial charge in [-0.15, -0.1) is 0 Å². The van der Waals surface area contributed by atoms with Crippen molar-refractivity contribution in [3.8, 4) is 17.2 Å². The molecule has 2 heterocycles. The molecule has 0 radical (unpaired) electrons. The fourth-order valence-corrected chi connectivity index (χ4v) is 3.95. The maximum Gasteiger partial charge on any atom is 0.324 e. The standard InChI is InChI=1S/C22H20ClF2N3O5/c1-30-15-5-4-13(24)19(25)11(15)10-33-18-9-14(12(23)8-17(18)32-3)28-21-20(27-22(28)29)16(31-2)6-7-26-21/h4-9,20-21H,10H2,1-3H3,(H,27,29). The third-order valence-electron chi connectivity index (χ3n) is 5.32. The van der Waals surface area contributed by atoms with E-state index in [1.807, 2.05) is 0 Å². The molecule has 2 aliphatic heterocycles. The molecule has 0 spiro atoms. The number of benzene rings is 2. The van der Waals surface area contributed by atoms with Gasteiger partial charge in [-0.1, -0.05) is 11.6 Å². The number of allylic oxidation sites excluding steroid dienone is 1. The summed E-state index contributed by atoms with van der Waals surface area (Å²) in [6.07, 6.45) is 2.56. The Labute approximate surface area is 193 Å². The number of carbonyl (C=O) groups excluding carboxylic acids is 1. The molecule has 2 aromatic carbocycles. The monoisotopic (exact) mass is 479 g/mol. The van der Waals surface area contributed by atoms with Crippen LogP contribution >= 0.6 is 11.6 Å². The van der Waals surface area contributed by atoms with E-state index in [2.05, 4.69) is 10.3 Å². The van der Waals surface area contributed by atoms with Crippen LogP contribution in [0.4, 0.5) is 19.3 Å². The Balaban J connectivity index is 1.68. The van der Waals surface area contributed by atoms with Gasteiger partial charge >= 0.3 is 6.03 Å². The zero-order chi connectivity index (χ0) is 23.7. The second kappa shape index (κ2) is 9.14. The first-order valence-electron chi connectivity index (χ1n) is 9.77. The number of nitrogens with zero attached hydrogens (tertiary/aromatic N) is 2. The molecule has 2 aromatic rings. The van der Waals surface area contributed by atoms with E-state index < -0.39 is 29.9 Å². The van der Waals surface area contributed by atoms with Crippen LogP contribution in [0.25, 0.3) is 0 Å². The average Bonchev–Trinajstić information content (AvgIpc) is 3.16. The topological polar surface area (TPSA) is 81.6 Å². The SMILES string of the molecule is COC1=CC=NC2C1NC(=O)N2c1cc(OCc2c(OC)ccc(F)c2F)c(OC)cc1Cl. The number of aliphatic imine (C=N–C) groups is 1. The smallest absolute Gasteiger partial charge is 0.324 e. The lowest BCUT2D eigenvalue weighted by molar-refractivity contribution is 0.240. The number of rotatable bonds is 7. The maximum absolute atomic E-state index is 14.3. The Morgan fingerprint density at radius 3 is 2.55 bits per heavy atom. The quantitative estimate of drug-likeness (QED) is 0.648. The van der Waals surface area contributed by atoms with Crippen LogP contribution < -0.4 is 24.4 Å². The first-order valence-corrected chi connectivity index (χ1v) is 10.2. The molecular formula is C22H20ClF2N3O5. The number of hydrogen-bond acceptors (Lipinski definition) is 6. The number of halogens is 3. The number of nitrogens with one attached hydrogen (secondary N) is 1. The molecule has 0 bridgehead atoms. The minimum atomic E-state index is -1.08. The highest BCUT2D eigenvalue weighted by Crippen LogP contribution is 2.41. The molecule has 4 rings (SSSR count). The van der Waals surface area contributed by atoms with Gasteiger partial charge < -0.3 is 24.3 Å². The Hall–Kier alpha value is -3.53. The number of urea groups is 1. The van der Waals surface area contributed by atoms with Crippen LogP contribution in [0.5, 0.6) is 17.2 Å². The second-order valence-electron chi connectivity index (χ2n) is 7.07. The van der Waals surface area contributed by atoms with E-state index in [0.717, 1.165) is 6.07 Å². The molecule has 2 amide bonds. The number of methoxy groups -OCH3 is 3. The van der Waals surface area contributed by atoms with Crippen molar-refractivity contribution in [3.63, 3.8) is 0 Å². The summed E-state index contributed by atoms with van der Waals surface area (Å²) < 4.78 is 49.6. The zero-order valence-electron chi connectivity index (χ0n) is 17.9. The van der Waals surface area contributed by atoms with E-state index in [1.54, 1.807) is 12.3 Å². The molecule has 0 aromatic heterocycles. The van der Waals surface area contributed by atoms with Gasteiger partial charge in [-0.05, 0) is 18.2 Å². The molecule has 1 fully saturated rings. The number of amides is 2. The number of fused-ring (bicyclic) bond motifs is 1. The normalized spacial score (nSPS) is 19.0. The van der Waals surface area contributed by atoms with Crippen molar-refractivity contribution in [2.75, 3.05) is 26.2 Å². The van der Waals surface area contributed by atoms with Crippen molar-refractivity contribution in [1.29, 1.82) is 0 Å². The maximum atomic E-state index is 14.3. The number of dihydropyridines is 1. The molecule has 2 unspecified atom stereocenters. The average molecular weight is 480 g/mol. The van der Waals surface area contributed by atoms with Gasteiger partial charge in [0.05, 0.1) is 37.6 Å². The summed E-state index contributed by atoms with van der Waals surface area (Å²) in [5.74, 6) is -1.06. The number of hydrogen-bond donors (Lipinski definition) is 1. The van der Waals surface area contributed by atoms with Crippen LogP contribution in [0, 0.1) is 11.6 Å². The highest BCUT2D eigenvalue weighted by atomic mass is 35.5. The molecule has 33 heavy (non-hydrogen) atoms. The highest BCUT2D eigenvalue weighted by Gasteiger charge is 2.44. The van der Waals surface area contributed by atoms with Gasteiger partial charge in [0, 0.05) is 18.3 Å². The minimum absolute atomic E-state index is 0.109. The summed E-state index contributed by atoms with van der Waals surface area (Å²) in [6, 6.07) is 4.27. The lowest BCUT2D eigenvalue weighted by Gasteiger charge is -2.27. The van der Waals surface area contributed by atoms with Crippen molar-refractivity contribution >= 4 is 29.5 Å². The highest BCUT2D eigenvalue weighted by molar-refractivity contribution is 6.34. The summed E-state index contributed by atoms with van der Waals surface area (Å²) in [5.41, 5.74) is 0.181. The predicted octanol–water partition coefficient (Wildman–Crippen LogP) is 4.05. The van der Waals surface area contributed by atoms with Gasteiger partial charge in [0.15, 0.2) is 29.3 Å². The molecule has 0 aliphatic carbocycles. The van der Waals surface area contributed by atoms with Gasteiger partial charge in [0.25, 0.3) is 0 Å². The number of ether oxygens (including phenoxy) is 4. The fraction of sp³-hybridized carbons (Fsp3) is 0.273. The van der Waals surface area contributed by atoms with Gasteiger partial charge in [-0.2, -0.15) is 0 Å². The molecular weight excluding hydrogens is 460 g/mol. The van der Waals surface area contributed by atoms with Gasteiger partial charge in [-0.25, -0.2) is 13.6 Å². The molecule has 11 heteroatoms. The summed E-state index contributed by atoms with van der Waals surface area (Å²) in [4.78, 5) is 18.5. The van der Waals surface area contributed by atoms with E-state index in [9.17, 15) is 13.6 Å². The Morgan fingerprint density at radius 1 is 1.09 bits per heavy atom. The van der Waals surface area contributed by atoms with Crippen molar-refractivity contribution in [2.45, 2.75) is 18.8 Å². The Bertz CT molecular complexity index is 1160. The van der Waals surface area contributed by atoms with Gasteiger partial charge in [0.2, 0.25) is 0 Å². The zero-order valence-corrected chi connectivity index (χ0v) is 18.7. The largest absolute Gasteiger partial charge is 0.499 e. The van der Waals surface area contributed by atoms with Crippen molar-refractivity contribution in [1.82, 2.24) is 5.32 Å². The molecule has 2 atom stereocenters. The second-order valence-corrected chi connectivity index (χ2v) is 7.47. The Kier molecular flexibility index (Phi) is 6.28. The summed E-state index contributed by atoms with van der Waals surface area (Å²) in [7, 11) is 4.25. The first kappa shape index (κ1) is 22.7. The molecule has 1 N–H and O–H groups in total. The van der Waals surface area contributed by atoms with Crippen molar-refractivity contribution in [2.24, 2.45) is 4.99 Å². The van der Waals surface area contributed by atoms with Crippen molar-refractivity contribution < 1.29 is 32.5 Å². The predicted molar refractivity (Wildman–Crippen MR) is 117 cm³/mol. The van der Waals surface area contributed by atoms with E-state index in [4.69, 9.17) is 30.5 Å². The van der Waals surface area contributed by atoms with Crippen LogP contribution in [0.15, 0.2) is 41.1 Å². The van der Waals surface area contributed by atoms with E-state index in [1.165, 1.54) is 44.4 Å². The first-order chi connectivity index (χ1) is 15.9. The third kappa shape index (κ3) is 4.02. The fourth-order valence-electron chi connectivity index (χ4n) is 3.70. The summed E-state index contributed by atoms with van der Waals surface area (Å²) in [6.45, 7) is -0.364. The van der Waals surface area contributed by atoms with E-state index in [0.29, 0.717) is 11.4 Å². The van der Waals surface area contributed by atoms with Crippen molar-refractivity contribution in [3.05, 3.63) is 58.3 Å². The molecule has 174 valence electrons. The molecule has 0 saturated carbocycles.